The monoisotopic (exact) mass is 283 g/mol. The van der Waals surface area contributed by atoms with E-state index in [-0.39, 0.29) is 16.6 Å². The molecule has 4 nitrogen and oxygen atoms in total. The van der Waals surface area contributed by atoms with Crippen LogP contribution in [-0.4, -0.2) is 16.2 Å². The van der Waals surface area contributed by atoms with Gasteiger partial charge in [-0.05, 0) is 18.8 Å². The molecule has 1 aromatic heterocycles. The first-order valence-electron chi connectivity index (χ1n) is 7.09. The summed E-state index contributed by atoms with van der Waals surface area (Å²) in [5.74, 6) is 1.33. The fourth-order valence-electron chi connectivity index (χ4n) is 2.93. The van der Waals surface area contributed by atoms with E-state index in [2.05, 4.69) is 29.4 Å². The zero-order valence-corrected chi connectivity index (χ0v) is 12.3. The third kappa shape index (κ3) is 3.50. The molecule has 0 aromatic carbocycles. The van der Waals surface area contributed by atoms with E-state index in [1.165, 1.54) is 32.1 Å². The summed E-state index contributed by atoms with van der Waals surface area (Å²) in [6, 6.07) is 0.282. The van der Waals surface area contributed by atoms with Crippen molar-refractivity contribution in [2.24, 2.45) is 11.8 Å². The normalized spacial score (nSPS) is 19.9. The molecular formula is C14H22ClN3O. The number of H-pyrrole nitrogens is 1. The molecule has 0 radical (unpaired) electrons. The number of aromatic amines is 1. The van der Waals surface area contributed by atoms with Gasteiger partial charge in [-0.25, -0.2) is 5.10 Å². The van der Waals surface area contributed by atoms with E-state index >= 15 is 0 Å². The summed E-state index contributed by atoms with van der Waals surface area (Å²) in [5, 5.41) is 9.64. The highest BCUT2D eigenvalue weighted by Crippen LogP contribution is 2.32. The number of hydrogen-bond acceptors (Lipinski definition) is 3. The Labute approximate surface area is 118 Å². The second-order valence-electron chi connectivity index (χ2n) is 5.62. The summed E-state index contributed by atoms with van der Waals surface area (Å²) in [5.41, 5.74) is 0.282. The summed E-state index contributed by atoms with van der Waals surface area (Å²) >= 11 is 5.98. The molecule has 0 saturated heterocycles. The summed E-state index contributed by atoms with van der Waals surface area (Å²) in [6.07, 6.45) is 8.26. The van der Waals surface area contributed by atoms with Crippen LogP contribution in [0.1, 0.15) is 46.0 Å². The van der Waals surface area contributed by atoms with Crippen LogP contribution < -0.4 is 10.9 Å². The molecule has 2 atom stereocenters. The third-order valence-corrected chi connectivity index (χ3v) is 4.74. The standard InChI is InChI=1S/C14H22ClN3O/c1-9(11-6-4-3-5-7-11)10(2)17-12-8-16-18-14(19)13(12)15/h8-11H,3-7H2,1-2H3,(H2,17,18,19). The second-order valence-corrected chi connectivity index (χ2v) is 5.99. The molecule has 106 valence electrons. The molecule has 0 aliphatic heterocycles. The Morgan fingerprint density at radius 1 is 1.37 bits per heavy atom. The minimum absolute atomic E-state index is 0.192. The summed E-state index contributed by atoms with van der Waals surface area (Å²) in [7, 11) is 0. The number of nitrogens with zero attached hydrogens (tertiary/aromatic N) is 1. The fourth-order valence-corrected chi connectivity index (χ4v) is 3.07. The Balaban J connectivity index is 2.01. The summed E-state index contributed by atoms with van der Waals surface area (Å²) in [4.78, 5) is 11.4. The summed E-state index contributed by atoms with van der Waals surface area (Å²) in [6.45, 7) is 4.43. The van der Waals surface area contributed by atoms with Crippen molar-refractivity contribution >= 4 is 17.3 Å². The van der Waals surface area contributed by atoms with Gasteiger partial charge in [0.1, 0.15) is 5.02 Å². The van der Waals surface area contributed by atoms with Gasteiger partial charge in [0.25, 0.3) is 5.56 Å². The average molecular weight is 284 g/mol. The van der Waals surface area contributed by atoms with Crippen molar-refractivity contribution in [3.8, 4) is 0 Å². The van der Waals surface area contributed by atoms with Gasteiger partial charge in [0, 0.05) is 6.04 Å². The predicted molar refractivity (Wildman–Crippen MR) is 78.7 cm³/mol. The van der Waals surface area contributed by atoms with Crippen LogP contribution in [0.2, 0.25) is 5.02 Å². The molecule has 0 bridgehead atoms. The van der Waals surface area contributed by atoms with Gasteiger partial charge in [-0.2, -0.15) is 5.10 Å². The van der Waals surface area contributed by atoms with Crippen LogP contribution in [0.4, 0.5) is 5.69 Å². The Hall–Kier alpha value is -1.03. The van der Waals surface area contributed by atoms with E-state index in [0.717, 1.165) is 5.92 Å². The Morgan fingerprint density at radius 2 is 2.05 bits per heavy atom. The SMILES string of the molecule is CC(Nc1cn[nH]c(=O)c1Cl)C(C)C1CCCCC1. The van der Waals surface area contributed by atoms with Crippen molar-refractivity contribution in [1.29, 1.82) is 0 Å². The van der Waals surface area contributed by atoms with E-state index in [1.54, 1.807) is 6.20 Å². The molecule has 5 heteroatoms. The zero-order valence-electron chi connectivity index (χ0n) is 11.6. The van der Waals surface area contributed by atoms with Crippen LogP contribution in [0.3, 0.4) is 0 Å². The van der Waals surface area contributed by atoms with Gasteiger partial charge in [0.2, 0.25) is 0 Å². The highest BCUT2D eigenvalue weighted by atomic mass is 35.5. The molecule has 1 saturated carbocycles. The smallest absolute Gasteiger partial charge is 0.285 e. The number of halogens is 1. The van der Waals surface area contributed by atoms with Crippen LogP contribution in [-0.2, 0) is 0 Å². The van der Waals surface area contributed by atoms with Crippen molar-refractivity contribution in [3.63, 3.8) is 0 Å². The maximum absolute atomic E-state index is 11.4. The Bertz CT molecular complexity index is 468. The summed E-state index contributed by atoms with van der Waals surface area (Å²) < 4.78 is 0. The van der Waals surface area contributed by atoms with Gasteiger partial charge < -0.3 is 5.32 Å². The molecule has 1 fully saturated rings. The first-order valence-corrected chi connectivity index (χ1v) is 7.47. The molecule has 1 aliphatic rings. The fraction of sp³-hybridized carbons (Fsp3) is 0.714. The van der Waals surface area contributed by atoms with Crippen LogP contribution >= 0.6 is 11.6 Å². The molecule has 0 spiro atoms. The highest BCUT2D eigenvalue weighted by Gasteiger charge is 2.25. The van der Waals surface area contributed by atoms with Crippen LogP contribution in [0.15, 0.2) is 11.0 Å². The van der Waals surface area contributed by atoms with E-state index < -0.39 is 0 Å². The van der Waals surface area contributed by atoms with Crippen LogP contribution in [0.5, 0.6) is 0 Å². The van der Waals surface area contributed by atoms with Crippen molar-refractivity contribution in [1.82, 2.24) is 10.2 Å². The zero-order chi connectivity index (χ0) is 13.8. The molecule has 2 unspecified atom stereocenters. The highest BCUT2D eigenvalue weighted by molar-refractivity contribution is 6.32. The quantitative estimate of drug-likeness (QED) is 0.890. The van der Waals surface area contributed by atoms with Crippen molar-refractivity contribution in [2.45, 2.75) is 52.0 Å². The van der Waals surface area contributed by atoms with Gasteiger partial charge in [-0.1, -0.05) is 50.6 Å². The lowest BCUT2D eigenvalue weighted by atomic mass is 9.78. The second kappa shape index (κ2) is 6.42. The largest absolute Gasteiger partial charge is 0.380 e. The van der Waals surface area contributed by atoms with Gasteiger partial charge >= 0.3 is 0 Å². The lowest BCUT2D eigenvalue weighted by molar-refractivity contribution is 0.246. The van der Waals surface area contributed by atoms with E-state index in [0.29, 0.717) is 11.6 Å². The molecular weight excluding hydrogens is 262 g/mol. The number of hydrogen-bond donors (Lipinski definition) is 2. The van der Waals surface area contributed by atoms with E-state index in [4.69, 9.17) is 11.6 Å². The van der Waals surface area contributed by atoms with Gasteiger partial charge in [-0.3, -0.25) is 4.79 Å². The molecule has 1 aliphatic carbocycles. The molecule has 2 rings (SSSR count). The van der Waals surface area contributed by atoms with E-state index in [1.807, 2.05) is 0 Å². The number of aromatic nitrogens is 2. The molecule has 2 N–H and O–H groups in total. The first-order chi connectivity index (χ1) is 9.09. The van der Waals surface area contributed by atoms with Gasteiger partial charge in [-0.15, -0.1) is 0 Å². The lowest BCUT2D eigenvalue weighted by Gasteiger charge is -2.32. The van der Waals surface area contributed by atoms with E-state index in [9.17, 15) is 4.79 Å². The van der Waals surface area contributed by atoms with Gasteiger partial charge in [0.05, 0.1) is 11.9 Å². The molecule has 1 heterocycles. The number of anilines is 1. The first kappa shape index (κ1) is 14.4. The van der Waals surface area contributed by atoms with Crippen molar-refractivity contribution in [3.05, 3.63) is 21.6 Å². The maximum atomic E-state index is 11.4. The predicted octanol–water partition coefficient (Wildman–Crippen LogP) is 3.44. The minimum atomic E-state index is -0.343. The molecule has 0 amide bonds. The average Bonchev–Trinajstić information content (AvgIpc) is 2.44. The molecule has 1 aromatic rings. The molecule has 19 heavy (non-hydrogen) atoms. The Morgan fingerprint density at radius 3 is 2.74 bits per heavy atom. The van der Waals surface area contributed by atoms with Crippen molar-refractivity contribution in [2.75, 3.05) is 5.32 Å². The Kier molecular flexibility index (Phi) is 4.86. The van der Waals surface area contributed by atoms with Crippen molar-refractivity contribution < 1.29 is 0 Å². The van der Waals surface area contributed by atoms with Gasteiger partial charge in [0.15, 0.2) is 0 Å². The van der Waals surface area contributed by atoms with Crippen LogP contribution in [0, 0.1) is 11.8 Å². The van der Waals surface area contributed by atoms with Crippen LogP contribution in [0.25, 0.3) is 0 Å². The topological polar surface area (TPSA) is 57.8 Å². The number of nitrogens with one attached hydrogen (secondary N) is 2. The third-order valence-electron chi connectivity index (χ3n) is 4.36. The maximum Gasteiger partial charge on any atom is 0.285 e. The number of rotatable bonds is 4. The lowest BCUT2D eigenvalue weighted by Crippen LogP contribution is -2.31. The minimum Gasteiger partial charge on any atom is -0.380 e.